The van der Waals surface area contributed by atoms with Gasteiger partial charge in [0.1, 0.15) is 0 Å². The van der Waals surface area contributed by atoms with Gasteiger partial charge in [-0.3, -0.25) is 0 Å². The van der Waals surface area contributed by atoms with Crippen molar-refractivity contribution in [1.29, 1.82) is 0 Å². The Morgan fingerprint density at radius 1 is 1.05 bits per heavy atom. The van der Waals surface area contributed by atoms with Crippen molar-refractivity contribution < 1.29 is 0 Å². The number of nitrogens with zero attached hydrogens (tertiary/aromatic N) is 1. The molecule has 2 aliphatic rings. The highest BCUT2D eigenvalue weighted by molar-refractivity contribution is 4.83. The van der Waals surface area contributed by atoms with Crippen LogP contribution >= 0.6 is 0 Å². The number of hydrogen-bond acceptors (Lipinski definition) is 2. The zero-order valence-corrected chi connectivity index (χ0v) is 13.4. The Labute approximate surface area is 120 Å². The molecule has 0 spiro atoms. The van der Waals surface area contributed by atoms with E-state index in [1.807, 2.05) is 0 Å². The highest BCUT2D eigenvalue weighted by Gasteiger charge is 2.31. The van der Waals surface area contributed by atoms with E-state index in [0.29, 0.717) is 5.41 Å². The second kappa shape index (κ2) is 7.08. The Hall–Kier alpha value is -0.0800. The van der Waals surface area contributed by atoms with Crippen LogP contribution in [0.15, 0.2) is 0 Å². The first-order chi connectivity index (χ1) is 9.05. The maximum absolute atomic E-state index is 3.76. The normalized spacial score (nSPS) is 27.0. The summed E-state index contributed by atoms with van der Waals surface area (Å²) in [5.41, 5.74) is 0.495. The first kappa shape index (κ1) is 15.3. The fourth-order valence-corrected chi connectivity index (χ4v) is 3.66. The molecule has 0 aromatic carbocycles. The lowest BCUT2D eigenvalue weighted by molar-refractivity contribution is 0.227. The third-order valence-corrected chi connectivity index (χ3v) is 5.19. The van der Waals surface area contributed by atoms with Crippen molar-refractivity contribution in [2.24, 2.45) is 11.3 Å². The van der Waals surface area contributed by atoms with Crippen LogP contribution in [-0.2, 0) is 0 Å². The van der Waals surface area contributed by atoms with Gasteiger partial charge in [0.05, 0.1) is 0 Å². The lowest BCUT2D eigenvalue weighted by atomic mass is 9.80. The molecule has 1 aliphatic heterocycles. The molecule has 0 radical (unpaired) electrons. The maximum atomic E-state index is 3.76. The van der Waals surface area contributed by atoms with Crippen LogP contribution in [0.2, 0.25) is 0 Å². The van der Waals surface area contributed by atoms with Crippen molar-refractivity contribution in [2.45, 2.75) is 71.8 Å². The summed E-state index contributed by atoms with van der Waals surface area (Å²) in [6, 6.07) is 0.828. The average Bonchev–Trinajstić information content (AvgIpc) is 2.85. The predicted octanol–water partition coefficient (Wildman–Crippen LogP) is 3.67. The summed E-state index contributed by atoms with van der Waals surface area (Å²) < 4.78 is 0. The highest BCUT2D eigenvalue weighted by atomic mass is 15.1. The van der Waals surface area contributed by atoms with Gasteiger partial charge in [-0.1, -0.05) is 40.0 Å². The Morgan fingerprint density at radius 2 is 1.79 bits per heavy atom. The van der Waals surface area contributed by atoms with Crippen LogP contribution in [0.3, 0.4) is 0 Å². The number of likely N-dealkylation sites (tertiary alicyclic amines) is 1. The van der Waals surface area contributed by atoms with Crippen LogP contribution in [-0.4, -0.2) is 37.1 Å². The summed E-state index contributed by atoms with van der Waals surface area (Å²) in [6.07, 6.45) is 9.90. The zero-order chi connectivity index (χ0) is 13.7. The molecule has 2 fully saturated rings. The minimum atomic E-state index is 0.495. The van der Waals surface area contributed by atoms with Crippen molar-refractivity contribution in [3.8, 4) is 0 Å². The number of nitrogens with one attached hydrogen (secondary N) is 1. The zero-order valence-electron chi connectivity index (χ0n) is 13.4. The van der Waals surface area contributed by atoms with Crippen LogP contribution in [0.25, 0.3) is 0 Å². The van der Waals surface area contributed by atoms with Crippen LogP contribution < -0.4 is 5.32 Å². The van der Waals surface area contributed by atoms with Gasteiger partial charge in [-0.15, -0.1) is 0 Å². The lowest BCUT2D eigenvalue weighted by Gasteiger charge is -2.27. The molecule has 0 aromatic heterocycles. The van der Waals surface area contributed by atoms with Crippen LogP contribution in [0.4, 0.5) is 0 Å². The topological polar surface area (TPSA) is 15.3 Å². The van der Waals surface area contributed by atoms with Crippen molar-refractivity contribution >= 4 is 0 Å². The second-order valence-electron chi connectivity index (χ2n) is 7.79. The summed E-state index contributed by atoms with van der Waals surface area (Å²) in [5, 5.41) is 3.76. The molecule has 2 heteroatoms. The summed E-state index contributed by atoms with van der Waals surface area (Å²) >= 11 is 0. The summed E-state index contributed by atoms with van der Waals surface area (Å²) in [5.74, 6) is 0.902. The van der Waals surface area contributed by atoms with E-state index in [0.717, 1.165) is 12.0 Å². The van der Waals surface area contributed by atoms with E-state index in [4.69, 9.17) is 0 Å². The van der Waals surface area contributed by atoms with Crippen LogP contribution in [0.1, 0.15) is 65.7 Å². The molecule has 1 saturated carbocycles. The molecule has 0 amide bonds. The van der Waals surface area contributed by atoms with Crippen molar-refractivity contribution in [1.82, 2.24) is 10.2 Å². The van der Waals surface area contributed by atoms with E-state index in [1.165, 1.54) is 71.1 Å². The van der Waals surface area contributed by atoms with E-state index in [-0.39, 0.29) is 0 Å². The third-order valence-electron chi connectivity index (χ3n) is 5.19. The molecule has 0 bridgehead atoms. The van der Waals surface area contributed by atoms with Gasteiger partial charge in [0.15, 0.2) is 0 Å². The smallest absolute Gasteiger partial charge is 0.00670 e. The Bertz CT molecular complexity index is 250. The minimum absolute atomic E-state index is 0.495. The van der Waals surface area contributed by atoms with E-state index >= 15 is 0 Å². The van der Waals surface area contributed by atoms with Gasteiger partial charge in [0.2, 0.25) is 0 Å². The fourth-order valence-electron chi connectivity index (χ4n) is 3.66. The monoisotopic (exact) mass is 266 g/mol. The lowest BCUT2D eigenvalue weighted by Crippen LogP contribution is -2.34. The van der Waals surface area contributed by atoms with E-state index < -0.39 is 0 Å². The fraction of sp³-hybridized carbons (Fsp3) is 1.00. The van der Waals surface area contributed by atoms with E-state index in [2.05, 4.69) is 31.0 Å². The molecule has 1 atom stereocenters. The summed E-state index contributed by atoms with van der Waals surface area (Å²) in [7, 11) is 0. The Morgan fingerprint density at radius 3 is 2.42 bits per heavy atom. The molecule has 1 aliphatic carbocycles. The number of hydrogen-bond donors (Lipinski definition) is 1. The molecule has 2 rings (SSSR count). The van der Waals surface area contributed by atoms with Gasteiger partial charge in [0, 0.05) is 12.6 Å². The molecule has 19 heavy (non-hydrogen) atoms. The van der Waals surface area contributed by atoms with E-state index in [1.54, 1.807) is 0 Å². The van der Waals surface area contributed by atoms with Gasteiger partial charge in [-0.25, -0.2) is 0 Å². The molecular formula is C17H34N2. The standard InChI is InChI=1S/C17H34N2/c1-17(2,3)15-10-13-19(14-15)12-7-11-18-16-8-5-4-6-9-16/h15-16,18H,4-14H2,1-3H3. The molecular weight excluding hydrogens is 232 g/mol. The first-order valence-electron chi connectivity index (χ1n) is 8.51. The van der Waals surface area contributed by atoms with Crippen molar-refractivity contribution in [2.75, 3.05) is 26.2 Å². The molecule has 1 saturated heterocycles. The summed E-state index contributed by atoms with van der Waals surface area (Å²) in [4.78, 5) is 2.68. The SMILES string of the molecule is CC(C)(C)C1CCN(CCCNC2CCCCC2)C1. The predicted molar refractivity (Wildman–Crippen MR) is 83.5 cm³/mol. The Kier molecular flexibility index (Phi) is 5.70. The van der Waals surface area contributed by atoms with Crippen LogP contribution in [0.5, 0.6) is 0 Å². The third kappa shape index (κ3) is 5.07. The minimum Gasteiger partial charge on any atom is -0.314 e. The second-order valence-corrected chi connectivity index (χ2v) is 7.79. The molecule has 2 nitrogen and oxygen atoms in total. The molecule has 1 unspecified atom stereocenters. The first-order valence-corrected chi connectivity index (χ1v) is 8.51. The largest absolute Gasteiger partial charge is 0.314 e. The van der Waals surface area contributed by atoms with Gasteiger partial charge < -0.3 is 10.2 Å². The van der Waals surface area contributed by atoms with Gasteiger partial charge in [-0.2, -0.15) is 0 Å². The molecule has 0 aromatic rings. The van der Waals surface area contributed by atoms with Gasteiger partial charge in [-0.05, 0) is 56.7 Å². The highest BCUT2D eigenvalue weighted by Crippen LogP contribution is 2.33. The van der Waals surface area contributed by atoms with Crippen molar-refractivity contribution in [3.63, 3.8) is 0 Å². The number of rotatable bonds is 5. The van der Waals surface area contributed by atoms with Gasteiger partial charge in [0.25, 0.3) is 0 Å². The van der Waals surface area contributed by atoms with E-state index in [9.17, 15) is 0 Å². The van der Waals surface area contributed by atoms with Gasteiger partial charge >= 0.3 is 0 Å². The average molecular weight is 266 g/mol. The summed E-state index contributed by atoms with van der Waals surface area (Å²) in [6.45, 7) is 12.4. The van der Waals surface area contributed by atoms with Crippen molar-refractivity contribution in [3.05, 3.63) is 0 Å². The maximum Gasteiger partial charge on any atom is 0.00670 e. The molecule has 112 valence electrons. The molecule has 1 N–H and O–H groups in total. The quantitative estimate of drug-likeness (QED) is 0.764. The van der Waals surface area contributed by atoms with Crippen LogP contribution in [0, 0.1) is 11.3 Å². The molecule has 1 heterocycles. The Balaban J connectivity index is 1.54.